The molecule has 1 unspecified atom stereocenters. The van der Waals surface area contributed by atoms with Crippen molar-refractivity contribution in [2.75, 3.05) is 18.0 Å². The summed E-state index contributed by atoms with van der Waals surface area (Å²) in [5, 5.41) is 12.5. The van der Waals surface area contributed by atoms with Gasteiger partial charge in [-0.25, -0.2) is 0 Å². The zero-order chi connectivity index (χ0) is 14.5. The summed E-state index contributed by atoms with van der Waals surface area (Å²) in [5.74, 6) is 0. The first-order valence-electron chi connectivity index (χ1n) is 7.37. The van der Waals surface area contributed by atoms with Gasteiger partial charge in [-0.3, -0.25) is 0 Å². The predicted octanol–water partition coefficient (Wildman–Crippen LogP) is 2.93. The minimum Gasteiger partial charge on any atom is -0.370 e. The van der Waals surface area contributed by atoms with Crippen molar-refractivity contribution in [2.24, 2.45) is 0 Å². The predicted molar refractivity (Wildman–Crippen MR) is 85.1 cm³/mol. The first-order chi connectivity index (χ1) is 10.3. The molecule has 1 saturated heterocycles. The first kappa shape index (κ1) is 13.7. The minimum absolute atomic E-state index is 0.510. The highest BCUT2D eigenvalue weighted by molar-refractivity contribution is 5.47. The molecule has 2 aromatic carbocycles. The Morgan fingerprint density at radius 2 is 2.00 bits per heavy atom. The molecule has 0 radical (unpaired) electrons. The fourth-order valence-corrected chi connectivity index (χ4v) is 2.81. The molecule has 1 N–H and O–H groups in total. The lowest BCUT2D eigenvalue weighted by Crippen LogP contribution is -2.32. The van der Waals surface area contributed by atoms with E-state index in [1.54, 1.807) is 0 Å². The van der Waals surface area contributed by atoms with Crippen LogP contribution in [0.4, 0.5) is 5.69 Å². The van der Waals surface area contributed by atoms with E-state index in [1.807, 2.05) is 18.2 Å². The molecule has 1 aliphatic heterocycles. The van der Waals surface area contributed by atoms with Gasteiger partial charge < -0.3 is 10.2 Å². The number of hydrogen-bond acceptors (Lipinski definition) is 3. The van der Waals surface area contributed by atoms with E-state index in [0.29, 0.717) is 6.04 Å². The Kier molecular flexibility index (Phi) is 4.18. The SMILES string of the molecule is N#Cc1cccc(CNC2CCN(c3ccccc3)C2)c1. The molecule has 3 heteroatoms. The Morgan fingerprint density at radius 3 is 2.81 bits per heavy atom. The van der Waals surface area contributed by atoms with Gasteiger partial charge in [0.25, 0.3) is 0 Å². The van der Waals surface area contributed by atoms with Crippen molar-refractivity contribution >= 4 is 5.69 Å². The summed E-state index contributed by atoms with van der Waals surface area (Å²) in [4.78, 5) is 2.42. The van der Waals surface area contributed by atoms with Gasteiger partial charge >= 0.3 is 0 Å². The van der Waals surface area contributed by atoms with E-state index in [9.17, 15) is 0 Å². The molecule has 1 heterocycles. The van der Waals surface area contributed by atoms with Gasteiger partial charge in [0.1, 0.15) is 0 Å². The fraction of sp³-hybridized carbons (Fsp3) is 0.278. The Morgan fingerprint density at radius 1 is 1.14 bits per heavy atom. The van der Waals surface area contributed by atoms with Gasteiger partial charge in [0.15, 0.2) is 0 Å². The summed E-state index contributed by atoms with van der Waals surface area (Å²) in [5.41, 5.74) is 3.20. The van der Waals surface area contributed by atoms with Crippen LogP contribution in [0.5, 0.6) is 0 Å². The van der Waals surface area contributed by atoms with Crippen LogP contribution in [0.15, 0.2) is 54.6 Å². The molecular formula is C18H19N3. The summed E-state index contributed by atoms with van der Waals surface area (Å²) in [7, 11) is 0. The fourth-order valence-electron chi connectivity index (χ4n) is 2.81. The van der Waals surface area contributed by atoms with Crippen LogP contribution in [0.25, 0.3) is 0 Å². The van der Waals surface area contributed by atoms with Crippen LogP contribution in [0.1, 0.15) is 17.5 Å². The summed E-state index contributed by atoms with van der Waals surface area (Å²) in [6.07, 6.45) is 1.16. The number of anilines is 1. The van der Waals surface area contributed by atoms with Crippen molar-refractivity contribution in [2.45, 2.75) is 19.0 Å². The van der Waals surface area contributed by atoms with Crippen molar-refractivity contribution < 1.29 is 0 Å². The zero-order valence-electron chi connectivity index (χ0n) is 12.0. The second kappa shape index (κ2) is 6.43. The van der Waals surface area contributed by atoms with Gasteiger partial charge in [-0.15, -0.1) is 0 Å². The average molecular weight is 277 g/mol. The van der Waals surface area contributed by atoms with Crippen LogP contribution in [0.3, 0.4) is 0 Å². The van der Waals surface area contributed by atoms with E-state index >= 15 is 0 Å². The van der Waals surface area contributed by atoms with Gasteiger partial charge in [0, 0.05) is 31.4 Å². The third-order valence-corrected chi connectivity index (χ3v) is 3.96. The Balaban J connectivity index is 1.54. The minimum atomic E-state index is 0.510. The monoisotopic (exact) mass is 277 g/mol. The molecule has 0 spiro atoms. The quantitative estimate of drug-likeness (QED) is 0.934. The van der Waals surface area contributed by atoms with Gasteiger partial charge in [0.2, 0.25) is 0 Å². The lowest BCUT2D eigenvalue weighted by atomic mass is 10.1. The maximum Gasteiger partial charge on any atom is 0.0991 e. The third kappa shape index (κ3) is 3.42. The van der Waals surface area contributed by atoms with Crippen LogP contribution in [0, 0.1) is 11.3 Å². The summed E-state index contributed by atoms with van der Waals surface area (Å²) in [6.45, 7) is 2.96. The average Bonchev–Trinajstić information content (AvgIpc) is 3.03. The topological polar surface area (TPSA) is 39.1 Å². The summed E-state index contributed by atoms with van der Waals surface area (Å²) >= 11 is 0. The van der Waals surface area contributed by atoms with E-state index in [0.717, 1.165) is 31.6 Å². The van der Waals surface area contributed by atoms with E-state index in [4.69, 9.17) is 5.26 Å². The lowest BCUT2D eigenvalue weighted by molar-refractivity contribution is 0.551. The van der Waals surface area contributed by atoms with Crippen LogP contribution < -0.4 is 10.2 Å². The molecule has 0 aromatic heterocycles. The molecule has 3 rings (SSSR count). The number of benzene rings is 2. The van der Waals surface area contributed by atoms with Crippen molar-refractivity contribution in [3.05, 3.63) is 65.7 Å². The molecule has 0 saturated carbocycles. The highest BCUT2D eigenvalue weighted by Crippen LogP contribution is 2.19. The molecule has 1 atom stereocenters. The van der Waals surface area contributed by atoms with Crippen LogP contribution >= 0.6 is 0 Å². The van der Waals surface area contributed by atoms with Crippen molar-refractivity contribution in [1.29, 1.82) is 5.26 Å². The lowest BCUT2D eigenvalue weighted by Gasteiger charge is -2.19. The maximum atomic E-state index is 8.93. The van der Waals surface area contributed by atoms with Gasteiger partial charge in [-0.05, 0) is 36.2 Å². The number of nitrogens with one attached hydrogen (secondary N) is 1. The number of rotatable bonds is 4. The summed E-state index contributed by atoms with van der Waals surface area (Å²) in [6, 6.07) is 21.1. The van der Waals surface area contributed by atoms with Crippen LogP contribution in [-0.4, -0.2) is 19.1 Å². The Bertz CT molecular complexity index is 630. The molecule has 0 amide bonds. The number of hydrogen-bond donors (Lipinski definition) is 1. The zero-order valence-corrected chi connectivity index (χ0v) is 12.0. The van der Waals surface area contributed by atoms with E-state index in [1.165, 1.54) is 11.3 Å². The molecule has 106 valence electrons. The first-order valence-corrected chi connectivity index (χ1v) is 7.37. The third-order valence-electron chi connectivity index (χ3n) is 3.96. The molecule has 0 bridgehead atoms. The number of nitrogens with zero attached hydrogens (tertiary/aromatic N) is 2. The van der Waals surface area contributed by atoms with Crippen molar-refractivity contribution in [1.82, 2.24) is 5.32 Å². The maximum absolute atomic E-state index is 8.93. The second-order valence-corrected chi connectivity index (χ2v) is 5.46. The van der Waals surface area contributed by atoms with E-state index in [-0.39, 0.29) is 0 Å². The number of nitriles is 1. The van der Waals surface area contributed by atoms with E-state index in [2.05, 4.69) is 52.7 Å². The molecule has 21 heavy (non-hydrogen) atoms. The normalized spacial score (nSPS) is 17.7. The van der Waals surface area contributed by atoms with Crippen molar-refractivity contribution in [3.63, 3.8) is 0 Å². The standard InChI is InChI=1S/C18H19N3/c19-12-15-5-4-6-16(11-15)13-20-17-9-10-21(14-17)18-7-2-1-3-8-18/h1-8,11,17,20H,9-10,13-14H2. The van der Waals surface area contributed by atoms with Gasteiger partial charge in [0.05, 0.1) is 11.6 Å². The molecule has 2 aromatic rings. The van der Waals surface area contributed by atoms with Crippen LogP contribution in [0.2, 0.25) is 0 Å². The molecule has 1 fully saturated rings. The molecule has 0 aliphatic carbocycles. The highest BCUT2D eigenvalue weighted by Gasteiger charge is 2.21. The highest BCUT2D eigenvalue weighted by atomic mass is 15.2. The Labute approximate surface area is 125 Å². The summed E-state index contributed by atoms with van der Waals surface area (Å²) < 4.78 is 0. The Hall–Kier alpha value is -2.31. The second-order valence-electron chi connectivity index (χ2n) is 5.46. The molecule has 1 aliphatic rings. The van der Waals surface area contributed by atoms with Crippen molar-refractivity contribution in [3.8, 4) is 6.07 Å². The smallest absolute Gasteiger partial charge is 0.0991 e. The molecule has 3 nitrogen and oxygen atoms in total. The molecular weight excluding hydrogens is 258 g/mol. The largest absolute Gasteiger partial charge is 0.370 e. The van der Waals surface area contributed by atoms with Gasteiger partial charge in [-0.1, -0.05) is 30.3 Å². The van der Waals surface area contributed by atoms with Crippen LogP contribution in [-0.2, 0) is 6.54 Å². The number of para-hydroxylation sites is 1. The van der Waals surface area contributed by atoms with E-state index < -0.39 is 0 Å². The van der Waals surface area contributed by atoms with Gasteiger partial charge in [-0.2, -0.15) is 5.26 Å².